The molecule has 2 heterocycles. The molecule has 9 heteroatoms. The molecule has 0 bridgehead atoms. The molecule has 25 heavy (non-hydrogen) atoms. The fourth-order valence-electron chi connectivity index (χ4n) is 2.28. The third-order valence-corrected chi connectivity index (χ3v) is 6.60. The predicted molar refractivity (Wildman–Crippen MR) is 105 cm³/mol. The van der Waals surface area contributed by atoms with Crippen LogP contribution in [0.25, 0.3) is 5.69 Å². The monoisotopic (exact) mass is 487 g/mol. The minimum absolute atomic E-state index is 0.0824. The van der Waals surface area contributed by atoms with Gasteiger partial charge in [-0.1, -0.05) is 6.07 Å². The Hall–Kier alpha value is -1.69. The van der Waals surface area contributed by atoms with Gasteiger partial charge in [-0.15, -0.1) is 11.3 Å². The first-order valence-corrected chi connectivity index (χ1v) is 10.6. The predicted octanol–water partition coefficient (Wildman–Crippen LogP) is 2.72. The number of rotatable bonds is 5. The van der Waals surface area contributed by atoms with Gasteiger partial charge in [0.05, 0.1) is 6.54 Å². The minimum Gasteiger partial charge on any atom is -0.346 e. The van der Waals surface area contributed by atoms with Crippen molar-refractivity contribution in [2.24, 2.45) is 5.14 Å². The van der Waals surface area contributed by atoms with E-state index in [9.17, 15) is 13.2 Å². The molecule has 3 aromatic rings. The van der Waals surface area contributed by atoms with E-state index in [1.54, 1.807) is 18.2 Å². The lowest BCUT2D eigenvalue weighted by Crippen LogP contribution is -2.24. The Kier molecular flexibility index (Phi) is 5.27. The molecule has 0 aliphatic rings. The molecule has 2 aromatic heterocycles. The summed E-state index contributed by atoms with van der Waals surface area (Å²) in [4.78, 5) is 13.2. The molecular weight excluding hydrogens is 473 g/mol. The van der Waals surface area contributed by atoms with E-state index in [2.05, 4.69) is 27.9 Å². The van der Waals surface area contributed by atoms with Crippen molar-refractivity contribution in [3.63, 3.8) is 0 Å². The zero-order chi connectivity index (χ0) is 18.0. The van der Waals surface area contributed by atoms with Gasteiger partial charge >= 0.3 is 0 Å². The first-order chi connectivity index (χ1) is 11.8. The number of primary sulfonamides is 1. The fourth-order valence-corrected chi connectivity index (χ4v) is 4.53. The number of hydrogen-bond donors (Lipinski definition) is 2. The maximum absolute atomic E-state index is 12.5. The summed E-state index contributed by atoms with van der Waals surface area (Å²) >= 11 is 3.27. The van der Waals surface area contributed by atoms with Crippen LogP contribution < -0.4 is 10.5 Å². The van der Waals surface area contributed by atoms with Crippen LogP contribution in [0, 0.1) is 3.57 Å². The Bertz CT molecular complexity index is 1020. The number of nitrogens with one attached hydrogen (secondary N) is 1. The normalized spacial score (nSPS) is 11.4. The summed E-state index contributed by atoms with van der Waals surface area (Å²) < 4.78 is 25.6. The second kappa shape index (κ2) is 7.28. The van der Waals surface area contributed by atoms with Crippen LogP contribution in [0.5, 0.6) is 0 Å². The van der Waals surface area contributed by atoms with Crippen molar-refractivity contribution in [2.75, 3.05) is 0 Å². The molecule has 0 unspecified atom stereocenters. The maximum atomic E-state index is 12.5. The number of sulfonamides is 1. The number of hydrogen-bond acceptors (Lipinski definition) is 4. The molecule has 0 atom stereocenters. The lowest BCUT2D eigenvalue weighted by molar-refractivity contribution is 0.0944. The van der Waals surface area contributed by atoms with Crippen molar-refractivity contribution in [2.45, 2.75) is 10.8 Å². The summed E-state index contributed by atoms with van der Waals surface area (Å²) in [7, 11) is -3.71. The summed E-state index contributed by atoms with van der Waals surface area (Å²) in [5.41, 5.74) is 1.40. The SMILES string of the molecule is NS(=O)(=O)c1ccc(CNC(=O)c2cccn2-c2cccc(I)c2)s1. The molecule has 0 saturated carbocycles. The van der Waals surface area contributed by atoms with Crippen LogP contribution in [0.4, 0.5) is 0 Å². The lowest BCUT2D eigenvalue weighted by Gasteiger charge is -2.10. The van der Waals surface area contributed by atoms with Gasteiger partial charge in [0.25, 0.3) is 5.91 Å². The summed E-state index contributed by atoms with van der Waals surface area (Å²) in [5, 5.41) is 7.90. The third-order valence-electron chi connectivity index (χ3n) is 3.41. The number of aromatic nitrogens is 1. The van der Waals surface area contributed by atoms with Gasteiger partial charge in [0.2, 0.25) is 10.0 Å². The summed E-state index contributed by atoms with van der Waals surface area (Å²) in [6.45, 7) is 0.233. The zero-order valence-electron chi connectivity index (χ0n) is 12.8. The Labute approximate surface area is 162 Å². The zero-order valence-corrected chi connectivity index (χ0v) is 16.6. The molecule has 0 fully saturated rings. The van der Waals surface area contributed by atoms with Crippen molar-refractivity contribution < 1.29 is 13.2 Å². The van der Waals surface area contributed by atoms with E-state index in [1.807, 2.05) is 35.0 Å². The Morgan fingerprint density at radius 1 is 1.20 bits per heavy atom. The second-order valence-electron chi connectivity index (χ2n) is 5.19. The Morgan fingerprint density at radius 3 is 2.68 bits per heavy atom. The third kappa shape index (κ3) is 4.29. The highest BCUT2D eigenvalue weighted by molar-refractivity contribution is 14.1. The summed E-state index contributed by atoms with van der Waals surface area (Å²) in [6, 6.07) is 14.4. The van der Waals surface area contributed by atoms with Gasteiger partial charge < -0.3 is 9.88 Å². The number of nitrogens with zero attached hydrogens (tertiary/aromatic N) is 1. The van der Waals surface area contributed by atoms with E-state index < -0.39 is 10.0 Å². The molecular formula is C16H14IN3O3S2. The second-order valence-corrected chi connectivity index (χ2v) is 9.39. The van der Waals surface area contributed by atoms with Gasteiger partial charge in [-0.25, -0.2) is 13.6 Å². The van der Waals surface area contributed by atoms with Crippen LogP contribution in [0.1, 0.15) is 15.4 Å². The van der Waals surface area contributed by atoms with Gasteiger partial charge in [0.15, 0.2) is 0 Å². The summed E-state index contributed by atoms with van der Waals surface area (Å²) in [5.74, 6) is -0.241. The molecule has 6 nitrogen and oxygen atoms in total. The number of carbonyl (C=O) groups is 1. The van der Waals surface area contributed by atoms with E-state index in [0.717, 1.165) is 20.6 Å². The van der Waals surface area contributed by atoms with Crippen LogP contribution in [0.15, 0.2) is 58.9 Å². The van der Waals surface area contributed by atoms with Crippen molar-refractivity contribution in [3.05, 3.63) is 68.9 Å². The van der Waals surface area contributed by atoms with E-state index in [4.69, 9.17) is 5.14 Å². The van der Waals surface area contributed by atoms with Crippen LogP contribution in [0.3, 0.4) is 0 Å². The number of thiophene rings is 1. The van der Waals surface area contributed by atoms with E-state index in [0.29, 0.717) is 10.6 Å². The average Bonchev–Trinajstić information content (AvgIpc) is 3.21. The molecule has 0 aliphatic heterocycles. The van der Waals surface area contributed by atoms with Gasteiger partial charge in [0.1, 0.15) is 9.90 Å². The highest BCUT2D eigenvalue weighted by Gasteiger charge is 2.14. The number of carbonyl (C=O) groups excluding carboxylic acids is 1. The van der Waals surface area contributed by atoms with Crippen LogP contribution in [-0.2, 0) is 16.6 Å². The maximum Gasteiger partial charge on any atom is 0.268 e. The van der Waals surface area contributed by atoms with Crippen molar-refractivity contribution in [3.8, 4) is 5.69 Å². The largest absolute Gasteiger partial charge is 0.346 e. The topological polar surface area (TPSA) is 94.2 Å². The molecule has 0 aliphatic carbocycles. The molecule has 1 aromatic carbocycles. The fraction of sp³-hybridized carbons (Fsp3) is 0.0625. The Morgan fingerprint density at radius 2 is 2.00 bits per heavy atom. The first-order valence-electron chi connectivity index (χ1n) is 7.17. The lowest BCUT2D eigenvalue weighted by atomic mass is 10.3. The van der Waals surface area contributed by atoms with E-state index >= 15 is 0 Å². The highest BCUT2D eigenvalue weighted by Crippen LogP contribution is 2.20. The molecule has 1 amide bonds. The first kappa shape index (κ1) is 18.1. The molecule has 130 valence electrons. The smallest absolute Gasteiger partial charge is 0.268 e. The summed E-state index contributed by atoms with van der Waals surface area (Å²) in [6.07, 6.45) is 1.82. The number of halogens is 1. The number of benzene rings is 1. The number of amides is 1. The quantitative estimate of drug-likeness (QED) is 0.542. The van der Waals surface area contributed by atoms with Crippen LogP contribution in [-0.4, -0.2) is 18.9 Å². The molecule has 3 N–H and O–H groups in total. The van der Waals surface area contributed by atoms with Crippen molar-refractivity contribution in [1.29, 1.82) is 0 Å². The van der Waals surface area contributed by atoms with Gasteiger partial charge in [0, 0.05) is 20.3 Å². The minimum atomic E-state index is -3.71. The number of nitrogens with two attached hydrogens (primary N) is 1. The van der Waals surface area contributed by atoms with Gasteiger partial charge in [-0.3, -0.25) is 4.79 Å². The van der Waals surface area contributed by atoms with Crippen LogP contribution in [0.2, 0.25) is 0 Å². The van der Waals surface area contributed by atoms with Crippen LogP contribution >= 0.6 is 33.9 Å². The molecule has 0 spiro atoms. The Balaban J connectivity index is 1.75. The van der Waals surface area contributed by atoms with Gasteiger partial charge in [-0.05, 0) is 65.1 Å². The van der Waals surface area contributed by atoms with E-state index in [1.165, 1.54) is 6.07 Å². The molecule has 0 saturated heterocycles. The molecule has 3 rings (SSSR count). The molecule has 0 radical (unpaired) electrons. The van der Waals surface area contributed by atoms with Gasteiger partial charge in [-0.2, -0.15) is 0 Å². The van der Waals surface area contributed by atoms with Crippen molar-refractivity contribution >= 4 is 49.9 Å². The highest BCUT2D eigenvalue weighted by atomic mass is 127. The average molecular weight is 487 g/mol. The van der Waals surface area contributed by atoms with Crippen molar-refractivity contribution in [1.82, 2.24) is 9.88 Å². The van der Waals surface area contributed by atoms with E-state index in [-0.39, 0.29) is 16.7 Å². The standard InChI is InChI=1S/C16H14IN3O3S2/c17-11-3-1-4-12(9-11)20-8-2-5-14(20)16(21)19-10-13-6-7-15(24-13)25(18,22)23/h1-9H,10H2,(H,19,21)(H2,18,22,23).